The van der Waals surface area contributed by atoms with Crippen LogP contribution < -0.4 is 10.1 Å². The quantitative estimate of drug-likeness (QED) is 0.836. The van der Waals surface area contributed by atoms with Gasteiger partial charge in [0, 0.05) is 19.0 Å². The number of fused-ring (bicyclic) bond motifs is 1. The minimum absolute atomic E-state index is 0.755. The monoisotopic (exact) mass is 258 g/mol. The zero-order valence-corrected chi connectivity index (χ0v) is 11.1. The zero-order chi connectivity index (χ0) is 13.1. The normalized spacial score (nSPS) is 13.3. The fraction of sp³-hybridized carbons (Fsp3) is 0.400. The summed E-state index contributed by atoms with van der Waals surface area (Å²) in [5.74, 6) is 1.91. The molecule has 100 valence electrons. The molecule has 1 aromatic heterocycles. The first-order valence-electron chi connectivity index (χ1n) is 6.69. The number of hydrogen-bond donors (Lipinski definition) is 1. The summed E-state index contributed by atoms with van der Waals surface area (Å²) in [6, 6.07) is 8.44. The van der Waals surface area contributed by atoms with Crippen LogP contribution in [0.15, 0.2) is 28.8 Å². The minimum atomic E-state index is 0.755. The van der Waals surface area contributed by atoms with Gasteiger partial charge in [-0.25, -0.2) is 0 Å². The maximum Gasteiger partial charge on any atom is 0.133 e. The number of nitrogens with zero attached hydrogens (tertiary/aromatic N) is 1. The molecule has 3 rings (SSSR count). The standard InChI is InChI=1S/C15H18N2O2/c1-11-8-14(17-19-11)10-16-6-4-12-2-3-15-13(9-12)5-7-18-15/h2-3,8-9,16H,4-7,10H2,1H3. The van der Waals surface area contributed by atoms with E-state index in [0.29, 0.717) is 0 Å². The maximum atomic E-state index is 5.50. The van der Waals surface area contributed by atoms with Gasteiger partial charge in [-0.05, 0) is 37.1 Å². The molecule has 0 spiro atoms. The number of aryl methyl sites for hydroxylation is 1. The first-order chi connectivity index (χ1) is 9.31. The van der Waals surface area contributed by atoms with Crippen molar-refractivity contribution in [3.63, 3.8) is 0 Å². The van der Waals surface area contributed by atoms with Gasteiger partial charge in [-0.1, -0.05) is 17.3 Å². The highest BCUT2D eigenvalue weighted by molar-refractivity contribution is 5.39. The molecular formula is C15H18N2O2. The van der Waals surface area contributed by atoms with Gasteiger partial charge in [-0.3, -0.25) is 0 Å². The predicted molar refractivity (Wildman–Crippen MR) is 72.3 cm³/mol. The van der Waals surface area contributed by atoms with E-state index in [4.69, 9.17) is 9.26 Å². The largest absolute Gasteiger partial charge is 0.493 e. The van der Waals surface area contributed by atoms with Crippen LogP contribution in [0.25, 0.3) is 0 Å². The summed E-state index contributed by atoms with van der Waals surface area (Å²) in [6.07, 6.45) is 2.05. The summed E-state index contributed by atoms with van der Waals surface area (Å²) in [5.41, 5.74) is 3.65. The lowest BCUT2D eigenvalue weighted by Gasteiger charge is -2.05. The highest BCUT2D eigenvalue weighted by Gasteiger charge is 2.11. The van der Waals surface area contributed by atoms with Crippen molar-refractivity contribution in [2.45, 2.75) is 26.3 Å². The van der Waals surface area contributed by atoms with E-state index >= 15 is 0 Å². The van der Waals surface area contributed by atoms with Gasteiger partial charge in [0.1, 0.15) is 11.5 Å². The molecule has 0 saturated carbocycles. The van der Waals surface area contributed by atoms with Crippen LogP contribution in [0, 0.1) is 6.92 Å². The second-order valence-electron chi connectivity index (χ2n) is 4.90. The lowest BCUT2D eigenvalue weighted by molar-refractivity contribution is 0.357. The number of hydrogen-bond acceptors (Lipinski definition) is 4. The summed E-state index contributed by atoms with van der Waals surface area (Å²) in [4.78, 5) is 0. The first-order valence-corrected chi connectivity index (χ1v) is 6.69. The van der Waals surface area contributed by atoms with Gasteiger partial charge in [0.25, 0.3) is 0 Å². The third-order valence-corrected chi connectivity index (χ3v) is 3.33. The van der Waals surface area contributed by atoms with Gasteiger partial charge in [0.15, 0.2) is 0 Å². The summed E-state index contributed by atoms with van der Waals surface area (Å²) < 4.78 is 10.5. The summed E-state index contributed by atoms with van der Waals surface area (Å²) >= 11 is 0. The van der Waals surface area contributed by atoms with E-state index in [1.165, 1.54) is 11.1 Å². The molecule has 0 unspecified atom stereocenters. The number of benzene rings is 1. The molecule has 1 aliphatic rings. The Kier molecular flexibility index (Phi) is 3.51. The van der Waals surface area contributed by atoms with Gasteiger partial charge < -0.3 is 14.6 Å². The smallest absolute Gasteiger partial charge is 0.133 e. The van der Waals surface area contributed by atoms with Gasteiger partial charge in [-0.2, -0.15) is 0 Å². The molecule has 19 heavy (non-hydrogen) atoms. The van der Waals surface area contributed by atoms with Crippen molar-refractivity contribution in [2.75, 3.05) is 13.2 Å². The lowest BCUT2D eigenvalue weighted by Crippen LogP contribution is -2.16. The molecule has 0 amide bonds. The molecule has 1 N–H and O–H groups in total. The molecule has 2 heterocycles. The fourth-order valence-electron chi connectivity index (χ4n) is 2.35. The van der Waals surface area contributed by atoms with Crippen molar-refractivity contribution in [3.8, 4) is 5.75 Å². The average Bonchev–Trinajstić information content (AvgIpc) is 3.03. The second kappa shape index (κ2) is 5.45. The van der Waals surface area contributed by atoms with Crippen molar-refractivity contribution < 1.29 is 9.26 Å². The zero-order valence-electron chi connectivity index (χ0n) is 11.1. The Hall–Kier alpha value is -1.81. The van der Waals surface area contributed by atoms with Gasteiger partial charge in [0.05, 0.1) is 12.3 Å². The SMILES string of the molecule is Cc1cc(CNCCc2ccc3c(c2)CCO3)no1. The van der Waals surface area contributed by atoms with Crippen molar-refractivity contribution in [1.82, 2.24) is 10.5 Å². The molecular weight excluding hydrogens is 240 g/mol. The lowest BCUT2D eigenvalue weighted by atomic mass is 10.1. The van der Waals surface area contributed by atoms with Gasteiger partial charge in [0.2, 0.25) is 0 Å². The van der Waals surface area contributed by atoms with E-state index in [0.717, 1.165) is 49.7 Å². The highest BCUT2D eigenvalue weighted by atomic mass is 16.5. The van der Waals surface area contributed by atoms with E-state index in [9.17, 15) is 0 Å². The number of aromatic nitrogens is 1. The van der Waals surface area contributed by atoms with E-state index < -0.39 is 0 Å². The summed E-state index contributed by atoms with van der Waals surface area (Å²) in [6.45, 7) is 4.42. The van der Waals surface area contributed by atoms with E-state index in [-0.39, 0.29) is 0 Å². The fourth-order valence-corrected chi connectivity index (χ4v) is 2.35. The van der Waals surface area contributed by atoms with Crippen molar-refractivity contribution >= 4 is 0 Å². The third kappa shape index (κ3) is 2.96. The third-order valence-electron chi connectivity index (χ3n) is 3.33. The van der Waals surface area contributed by atoms with Crippen LogP contribution in [-0.2, 0) is 19.4 Å². The Balaban J connectivity index is 1.47. The van der Waals surface area contributed by atoms with Gasteiger partial charge >= 0.3 is 0 Å². The Labute approximate surface area is 112 Å². The van der Waals surface area contributed by atoms with E-state index in [1.54, 1.807) is 0 Å². The predicted octanol–water partition coefficient (Wildman–Crippen LogP) is 2.25. The molecule has 0 saturated heterocycles. The topological polar surface area (TPSA) is 47.3 Å². The molecule has 4 nitrogen and oxygen atoms in total. The Bertz CT molecular complexity index is 563. The number of nitrogens with one attached hydrogen (secondary N) is 1. The molecule has 1 aromatic carbocycles. The second-order valence-corrected chi connectivity index (χ2v) is 4.90. The van der Waals surface area contributed by atoms with Crippen LogP contribution in [0.5, 0.6) is 5.75 Å². The van der Waals surface area contributed by atoms with Crippen LogP contribution in [0.2, 0.25) is 0 Å². The molecule has 4 heteroatoms. The van der Waals surface area contributed by atoms with E-state index in [2.05, 4.69) is 28.7 Å². The Morgan fingerprint density at radius 2 is 2.26 bits per heavy atom. The van der Waals surface area contributed by atoms with Crippen LogP contribution in [0.1, 0.15) is 22.6 Å². The number of rotatable bonds is 5. The van der Waals surface area contributed by atoms with Crippen molar-refractivity contribution in [3.05, 3.63) is 46.8 Å². The van der Waals surface area contributed by atoms with Crippen molar-refractivity contribution in [2.24, 2.45) is 0 Å². The van der Waals surface area contributed by atoms with Crippen LogP contribution in [-0.4, -0.2) is 18.3 Å². The average molecular weight is 258 g/mol. The molecule has 2 aromatic rings. The maximum absolute atomic E-state index is 5.50. The molecule has 0 aliphatic carbocycles. The summed E-state index contributed by atoms with van der Waals surface area (Å²) in [7, 11) is 0. The van der Waals surface area contributed by atoms with Crippen LogP contribution in [0.4, 0.5) is 0 Å². The highest BCUT2D eigenvalue weighted by Crippen LogP contribution is 2.25. The molecule has 1 aliphatic heterocycles. The Morgan fingerprint density at radius 1 is 1.32 bits per heavy atom. The van der Waals surface area contributed by atoms with Crippen LogP contribution >= 0.6 is 0 Å². The van der Waals surface area contributed by atoms with E-state index in [1.807, 2.05) is 13.0 Å². The number of ether oxygens (including phenoxy) is 1. The first kappa shape index (κ1) is 12.2. The Morgan fingerprint density at radius 3 is 3.11 bits per heavy atom. The molecule has 0 fully saturated rings. The molecule has 0 atom stereocenters. The van der Waals surface area contributed by atoms with Crippen molar-refractivity contribution in [1.29, 1.82) is 0 Å². The molecule has 0 radical (unpaired) electrons. The van der Waals surface area contributed by atoms with Crippen LogP contribution in [0.3, 0.4) is 0 Å². The summed E-state index contributed by atoms with van der Waals surface area (Å²) in [5, 5.41) is 7.33. The molecule has 0 bridgehead atoms. The minimum Gasteiger partial charge on any atom is -0.493 e. The van der Waals surface area contributed by atoms with Gasteiger partial charge in [-0.15, -0.1) is 0 Å².